The molecule has 0 amide bonds. The Labute approximate surface area is 117 Å². The lowest BCUT2D eigenvalue weighted by atomic mass is 10.1. The van der Waals surface area contributed by atoms with Crippen molar-refractivity contribution >= 4 is 11.5 Å². The molecule has 3 N–H and O–H groups in total. The lowest BCUT2D eigenvalue weighted by Crippen LogP contribution is -2.25. The van der Waals surface area contributed by atoms with Crippen LogP contribution in [0.25, 0.3) is 0 Å². The summed E-state index contributed by atoms with van der Waals surface area (Å²) >= 11 is 0. The van der Waals surface area contributed by atoms with Crippen LogP contribution in [-0.2, 0) is 6.18 Å². The Morgan fingerprint density at radius 3 is 2.40 bits per heavy atom. The van der Waals surface area contributed by atoms with Gasteiger partial charge in [0.05, 0.1) is 5.56 Å². The largest absolute Gasteiger partial charge is 0.416 e. The van der Waals surface area contributed by atoms with Crippen LogP contribution in [0.1, 0.15) is 31.4 Å². The Balaban J connectivity index is 3.10. The number of hydrogen-bond acceptors (Lipinski definition) is 2. The number of nitrogens with zero attached hydrogens (tertiary/aromatic N) is 1. The Morgan fingerprint density at radius 2 is 1.95 bits per heavy atom. The minimum Gasteiger partial charge on any atom is -0.384 e. The quantitative estimate of drug-likeness (QED) is 0.643. The number of nitrogens with one attached hydrogen (secondary N) is 1. The second-order valence-electron chi connectivity index (χ2n) is 5.25. The first kappa shape index (κ1) is 16.3. The zero-order valence-corrected chi connectivity index (χ0v) is 11.9. The first-order valence-corrected chi connectivity index (χ1v) is 6.39. The summed E-state index contributed by atoms with van der Waals surface area (Å²) in [5.41, 5.74) is 5.29. The normalized spacial score (nSPS) is 11.8. The minimum atomic E-state index is -4.43. The summed E-state index contributed by atoms with van der Waals surface area (Å²) in [5, 5.41) is 7.47. The molecule has 0 unspecified atom stereocenters. The van der Waals surface area contributed by atoms with Crippen molar-refractivity contribution in [2.24, 2.45) is 11.7 Å². The molecule has 0 heterocycles. The third-order valence-corrected chi connectivity index (χ3v) is 3.07. The Kier molecular flexibility index (Phi) is 5.03. The van der Waals surface area contributed by atoms with Crippen molar-refractivity contribution in [3.05, 3.63) is 29.3 Å². The third-order valence-electron chi connectivity index (χ3n) is 3.07. The highest BCUT2D eigenvalue weighted by Gasteiger charge is 2.31. The molecule has 0 bridgehead atoms. The van der Waals surface area contributed by atoms with Crippen LogP contribution in [0.3, 0.4) is 0 Å². The Hall–Kier alpha value is -1.72. The molecule has 1 rings (SSSR count). The van der Waals surface area contributed by atoms with E-state index in [1.165, 1.54) is 6.07 Å². The highest BCUT2D eigenvalue weighted by Crippen LogP contribution is 2.32. The molecule has 20 heavy (non-hydrogen) atoms. The first-order chi connectivity index (χ1) is 9.12. The summed E-state index contributed by atoms with van der Waals surface area (Å²) in [7, 11) is 1.79. The van der Waals surface area contributed by atoms with Crippen molar-refractivity contribution in [2.45, 2.75) is 26.4 Å². The maximum Gasteiger partial charge on any atom is 0.416 e. The number of hydrogen-bond donors (Lipinski definition) is 2. The zero-order chi connectivity index (χ0) is 15.5. The molecule has 0 saturated carbocycles. The van der Waals surface area contributed by atoms with Crippen molar-refractivity contribution in [1.29, 1.82) is 5.41 Å². The average molecular weight is 287 g/mol. The molecule has 0 fully saturated rings. The number of nitrogen functional groups attached to an aromatic ring is 1. The van der Waals surface area contributed by atoms with Crippen molar-refractivity contribution in [2.75, 3.05) is 18.5 Å². The molecule has 0 aliphatic rings. The van der Waals surface area contributed by atoms with Gasteiger partial charge in [-0.1, -0.05) is 13.8 Å². The number of nitrogens with two attached hydrogens (primary N) is 1. The van der Waals surface area contributed by atoms with Gasteiger partial charge < -0.3 is 10.6 Å². The van der Waals surface area contributed by atoms with Gasteiger partial charge >= 0.3 is 6.18 Å². The van der Waals surface area contributed by atoms with Gasteiger partial charge in [-0.2, -0.15) is 13.2 Å². The summed E-state index contributed by atoms with van der Waals surface area (Å²) in [5.74, 6) is 0.134. The summed E-state index contributed by atoms with van der Waals surface area (Å²) in [6.45, 7) is 4.85. The molecule has 1 aromatic carbocycles. The van der Waals surface area contributed by atoms with E-state index < -0.39 is 11.7 Å². The van der Waals surface area contributed by atoms with Crippen molar-refractivity contribution < 1.29 is 13.2 Å². The molecule has 0 spiro atoms. The fourth-order valence-corrected chi connectivity index (χ4v) is 1.83. The number of alkyl halides is 3. The van der Waals surface area contributed by atoms with E-state index in [4.69, 9.17) is 11.1 Å². The van der Waals surface area contributed by atoms with Gasteiger partial charge in [0.2, 0.25) is 0 Å². The lowest BCUT2D eigenvalue weighted by Gasteiger charge is -2.24. The van der Waals surface area contributed by atoms with Crippen molar-refractivity contribution in [3.63, 3.8) is 0 Å². The Morgan fingerprint density at radius 1 is 1.35 bits per heavy atom. The third kappa shape index (κ3) is 4.15. The standard InChI is InChI=1S/C14H20F3N3/c1-9(2)6-7-20(3)12-5-4-10(14(15,16)17)8-11(12)13(18)19/h4-5,8-9H,6-7H2,1-3H3,(H3,18,19). The molecule has 6 heteroatoms. The molecule has 0 aromatic heterocycles. The molecule has 0 saturated heterocycles. The molecule has 0 aliphatic carbocycles. The number of anilines is 1. The summed E-state index contributed by atoms with van der Waals surface area (Å²) in [6.07, 6.45) is -3.52. The number of halogens is 3. The van der Waals surface area contributed by atoms with E-state index >= 15 is 0 Å². The van der Waals surface area contributed by atoms with Crippen LogP contribution in [0.2, 0.25) is 0 Å². The van der Waals surface area contributed by atoms with E-state index in [0.717, 1.165) is 18.6 Å². The fourth-order valence-electron chi connectivity index (χ4n) is 1.83. The monoisotopic (exact) mass is 287 g/mol. The van der Waals surface area contributed by atoms with Crippen LogP contribution in [-0.4, -0.2) is 19.4 Å². The first-order valence-electron chi connectivity index (χ1n) is 6.39. The minimum absolute atomic E-state index is 0.117. The van der Waals surface area contributed by atoms with Crippen molar-refractivity contribution in [3.8, 4) is 0 Å². The van der Waals surface area contributed by atoms with Crippen LogP contribution >= 0.6 is 0 Å². The van der Waals surface area contributed by atoms with E-state index in [9.17, 15) is 13.2 Å². The second-order valence-corrected chi connectivity index (χ2v) is 5.25. The Bertz CT molecular complexity index is 481. The summed E-state index contributed by atoms with van der Waals surface area (Å²) in [6, 6.07) is 3.33. The van der Waals surface area contributed by atoms with Crippen LogP contribution in [0.15, 0.2) is 18.2 Å². The van der Waals surface area contributed by atoms with Gasteiger partial charge in [0.1, 0.15) is 5.84 Å². The molecule has 0 radical (unpaired) electrons. The smallest absolute Gasteiger partial charge is 0.384 e. The van der Waals surface area contributed by atoms with Gasteiger partial charge in [0, 0.05) is 24.8 Å². The predicted octanol–water partition coefficient (Wildman–Crippen LogP) is 3.47. The topological polar surface area (TPSA) is 53.1 Å². The molecule has 112 valence electrons. The second kappa shape index (κ2) is 6.15. The molecule has 1 aromatic rings. The highest BCUT2D eigenvalue weighted by molar-refractivity contribution is 6.00. The number of rotatable bonds is 5. The SMILES string of the molecule is CC(C)CCN(C)c1ccc(C(F)(F)F)cc1C(=N)N. The van der Waals surface area contributed by atoms with E-state index in [-0.39, 0.29) is 11.4 Å². The van der Waals surface area contributed by atoms with Gasteiger partial charge in [0.15, 0.2) is 0 Å². The zero-order valence-electron chi connectivity index (χ0n) is 11.9. The fraction of sp³-hybridized carbons (Fsp3) is 0.500. The number of benzene rings is 1. The van der Waals surface area contributed by atoms with E-state index in [1.807, 2.05) is 4.90 Å². The van der Waals surface area contributed by atoms with Gasteiger partial charge in [0.25, 0.3) is 0 Å². The molecular formula is C14H20F3N3. The van der Waals surface area contributed by atoms with Crippen LogP contribution in [0.5, 0.6) is 0 Å². The van der Waals surface area contributed by atoms with Crippen LogP contribution in [0, 0.1) is 11.3 Å². The van der Waals surface area contributed by atoms with Gasteiger partial charge in [-0.25, -0.2) is 0 Å². The summed E-state index contributed by atoms with van der Waals surface area (Å²) in [4.78, 5) is 1.83. The van der Waals surface area contributed by atoms with E-state index in [1.54, 1.807) is 7.05 Å². The molecule has 3 nitrogen and oxygen atoms in total. The maximum atomic E-state index is 12.7. The van der Waals surface area contributed by atoms with Gasteiger partial charge in [-0.3, -0.25) is 5.41 Å². The van der Waals surface area contributed by atoms with E-state index in [2.05, 4.69) is 13.8 Å². The van der Waals surface area contributed by atoms with Gasteiger partial charge in [-0.15, -0.1) is 0 Å². The van der Waals surface area contributed by atoms with Gasteiger partial charge in [-0.05, 0) is 30.5 Å². The number of amidine groups is 1. The molecular weight excluding hydrogens is 267 g/mol. The lowest BCUT2D eigenvalue weighted by molar-refractivity contribution is -0.137. The average Bonchev–Trinajstić information content (AvgIpc) is 2.33. The molecule has 0 aliphatic heterocycles. The van der Waals surface area contributed by atoms with Crippen LogP contribution in [0.4, 0.5) is 18.9 Å². The highest BCUT2D eigenvalue weighted by atomic mass is 19.4. The van der Waals surface area contributed by atoms with Crippen molar-refractivity contribution in [1.82, 2.24) is 0 Å². The van der Waals surface area contributed by atoms with Crippen LogP contribution < -0.4 is 10.6 Å². The predicted molar refractivity (Wildman–Crippen MR) is 75.2 cm³/mol. The molecule has 0 atom stereocenters. The maximum absolute atomic E-state index is 12.7. The van der Waals surface area contributed by atoms with E-state index in [0.29, 0.717) is 18.2 Å². The summed E-state index contributed by atoms with van der Waals surface area (Å²) < 4.78 is 38.1.